The first kappa shape index (κ1) is 17.0. The predicted octanol–water partition coefficient (Wildman–Crippen LogP) is 3.93. The molecule has 1 rings (SSSR count). The highest BCUT2D eigenvalue weighted by Gasteiger charge is 2.22. The van der Waals surface area contributed by atoms with Crippen LogP contribution in [-0.2, 0) is 0 Å². The van der Waals surface area contributed by atoms with Gasteiger partial charge in [-0.15, -0.1) is 0 Å². The number of anilines is 1. The summed E-state index contributed by atoms with van der Waals surface area (Å²) in [6, 6.07) is 2.07. The van der Waals surface area contributed by atoms with Gasteiger partial charge in [-0.25, -0.2) is 4.98 Å². The molecule has 1 aromatic heterocycles. The van der Waals surface area contributed by atoms with Crippen molar-refractivity contribution in [3.63, 3.8) is 0 Å². The lowest BCUT2D eigenvalue weighted by Gasteiger charge is -2.28. The van der Waals surface area contributed by atoms with Crippen LogP contribution < -0.4 is 5.32 Å². The Labute approximate surface area is 130 Å². The highest BCUT2D eigenvalue weighted by molar-refractivity contribution is 9.10. The molecule has 1 heterocycles. The van der Waals surface area contributed by atoms with Crippen LogP contribution in [0.3, 0.4) is 0 Å². The number of halogens is 1. The Kier molecular flexibility index (Phi) is 6.99. The van der Waals surface area contributed by atoms with E-state index in [2.05, 4.69) is 47.0 Å². The highest BCUT2D eigenvalue weighted by Crippen LogP contribution is 2.21. The fraction of sp³-hybridized carbons (Fsp3) is 0.600. The van der Waals surface area contributed by atoms with Crippen molar-refractivity contribution in [1.82, 2.24) is 9.88 Å². The quantitative estimate of drug-likeness (QED) is 0.817. The molecule has 20 heavy (non-hydrogen) atoms. The molecule has 4 nitrogen and oxygen atoms in total. The van der Waals surface area contributed by atoms with E-state index >= 15 is 0 Å². The first-order valence-electron chi connectivity index (χ1n) is 7.25. The van der Waals surface area contributed by atoms with Gasteiger partial charge in [0, 0.05) is 29.8 Å². The first-order valence-corrected chi connectivity index (χ1v) is 8.04. The largest absolute Gasteiger partial charge is 0.369 e. The Bertz CT molecular complexity index is 451. The zero-order chi connectivity index (χ0) is 15.1. The molecule has 0 spiro atoms. The van der Waals surface area contributed by atoms with E-state index < -0.39 is 0 Å². The first-order chi connectivity index (χ1) is 9.54. The zero-order valence-electron chi connectivity index (χ0n) is 12.7. The van der Waals surface area contributed by atoms with Gasteiger partial charge in [-0.2, -0.15) is 0 Å². The highest BCUT2D eigenvalue weighted by atomic mass is 79.9. The molecule has 112 valence electrons. The van der Waals surface area contributed by atoms with E-state index in [1.807, 2.05) is 17.9 Å². The van der Waals surface area contributed by atoms with Gasteiger partial charge in [-0.1, -0.05) is 13.8 Å². The molecule has 0 aromatic carbocycles. The van der Waals surface area contributed by atoms with Gasteiger partial charge in [-0.3, -0.25) is 4.79 Å². The summed E-state index contributed by atoms with van der Waals surface area (Å²) in [4.78, 5) is 19.0. The minimum atomic E-state index is 0.0363. The molecule has 0 aliphatic rings. The SMILES string of the molecule is CCCNc1ncc(Br)cc1C(=O)N(CC)C(C)CC. The van der Waals surface area contributed by atoms with Gasteiger partial charge in [0.15, 0.2) is 0 Å². The second-order valence-corrected chi connectivity index (χ2v) is 5.74. The normalized spacial score (nSPS) is 12.1. The average Bonchev–Trinajstić information content (AvgIpc) is 2.46. The van der Waals surface area contributed by atoms with Crippen molar-refractivity contribution >= 4 is 27.7 Å². The number of nitrogens with zero attached hydrogens (tertiary/aromatic N) is 2. The van der Waals surface area contributed by atoms with E-state index in [-0.39, 0.29) is 11.9 Å². The second-order valence-electron chi connectivity index (χ2n) is 4.82. The molecule has 0 saturated carbocycles. The lowest BCUT2D eigenvalue weighted by molar-refractivity contribution is 0.0700. The summed E-state index contributed by atoms with van der Waals surface area (Å²) in [7, 11) is 0. The third-order valence-corrected chi connectivity index (χ3v) is 3.79. The van der Waals surface area contributed by atoms with E-state index in [1.54, 1.807) is 6.20 Å². The molecule has 0 aliphatic heterocycles. The average molecular weight is 342 g/mol. The molecule has 0 saturated heterocycles. The van der Waals surface area contributed by atoms with Gasteiger partial charge >= 0.3 is 0 Å². The third kappa shape index (κ3) is 4.20. The summed E-state index contributed by atoms with van der Waals surface area (Å²) in [5.74, 6) is 0.705. The molecule has 0 radical (unpaired) electrons. The summed E-state index contributed by atoms with van der Waals surface area (Å²) in [5.41, 5.74) is 0.634. The number of carbonyl (C=O) groups is 1. The van der Waals surface area contributed by atoms with Crippen LogP contribution in [0.1, 0.15) is 50.9 Å². The van der Waals surface area contributed by atoms with Crippen LogP contribution in [0, 0.1) is 0 Å². The molecule has 1 unspecified atom stereocenters. The van der Waals surface area contributed by atoms with E-state index in [0.717, 1.165) is 23.9 Å². The molecular formula is C15H24BrN3O. The van der Waals surface area contributed by atoms with Crippen LogP contribution >= 0.6 is 15.9 Å². The monoisotopic (exact) mass is 341 g/mol. The number of hydrogen-bond donors (Lipinski definition) is 1. The van der Waals surface area contributed by atoms with Crippen molar-refractivity contribution in [2.24, 2.45) is 0 Å². The van der Waals surface area contributed by atoms with Crippen molar-refractivity contribution in [1.29, 1.82) is 0 Å². The maximum atomic E-state index is 12.7. The van der Waals surface area contributed by atoms with Crippen LogP contribution in [0.2, 0.25) is 0 Å². The number of pyridine rings is 1. The van der Waals surface area contributed by atoms with E-state index in [9.17, 15) is 4.79 Å². The molecular weight excluding hydrogens is 318 g/mol. The molecule has 0 bridgehead atoms. The number of hydrogen-bond acceptors (Lipinski definition) is 3. The molecule has 1 N–H and O–H groups in total. The summed E-state index contributed by atoms with van der Waals surface area (Å²) in [5, 5.41) is 3.23. The van der Waals surface area contributed by atoms with Gasteiger partial charge in [0.25, 0.3) is 5.91 Å². The summed E-state index contributed by atoms with van der Waals surface area (Å²) in [6.07, 6.45) is 3.65. The van der Waals surface area contributed by atoms with Gasteiger partial charge < -0.3 is 10.2 Å². The van der Waals surface area contributed by atoms with Gasteiger partial charge in [0.05, 0.1) is 5.56 Å². The summed E-state index contributed by atoms with van der Waals surface area (Å²) < 4.78 is 0.822. The fourth-order valence-corrected chi connectivity index (χ4v) is 2.35. The number of amides is 1. The Morgan fingerprint density at radius 3 is 2.70 bits per heavy atom. The zero-order valence-corrected chi connectivity index (χ0v) is 14.3. The van der Waals surface area contributed by atoms with E-state index in [4.69, 9.17) is 0 Å². The smallest absolute Gasteiger partial charge is 0.257 e. The van der Waals surface area contributed by atoms with E-state index in [1.165, 1.54) is 0 Å². The maximum Gasteiger partial charge on any atom is 0.257 e. The van der Waals surface area contributed by atoms with Crippen LogP contribution in [-0.4, -0.2) is 34.9 Å². The fourth-order valence-electron chi connectivity index (χ4n) is 2.02. The lowest BCUT2D eigenvalue weighted by Crippen LogP contribution is -2.38. The Morgan fingerprint density at radius 1 is 1.45 bits per heavy atom. The molecule has 1 atom stereocenters. The second kappa shape index (κ2) is 8.25. The molecule has 1 aromatic rings. The summed E-state index contributed by atoms with van der Waals surface area (Å²) >= 11 is 3.40. The molecule has 0 fully saturated rings. The standard InChI is InChI=1S/C15H24BrN3O/c1-5-8-17-14-13(9-12(16)10-18-14)15(20)19(7-3)11(4)6-2/h9-11H,5-8H2,1-4H3,(H,17,18). The molecule has 0 aliphatic carbocycles. The van der Waals surface area contributed by atoms with E-state index in [0.29, 0.717) is 17.9 Å². The van der Waals surface area contributed by atoms with Crippen LogP contribution in [0.15, 0.2) is 16.7 Å². The third-order valence-electron chi connectivity index (χ3n) is 3.35. The lowest BCUT2D eigenvalue weighted by atomic mass is 10.1. The van der Waals surface area contributed by atoms with Gasteiger partial charge in [0.1, 0.15) is 5.82 Å². The van der Waals surface area contributed by atoms with Crippen LogP contribution in [0.4, 0.5) is 5.82 Å². The number of nitrogens with one attached hydrogen (secondary N) is 1. The Morgan fingerprint density at radius 2 is 2.15 bits per heavy atom. The van der Waals surface area contributed by atoms with Crippen LogP contribution in [0.5, 0.6) is 0 Å². The topological polar surface area (TPSA) is 45.2 Å². The van der Waals surface area contributed by atoms with Crippen molar-refractivity contribution in [3.8, 4) is 0 Å². The van der Waals surface area contributed by atoms with Crippen molar-refractivity contribution in [2.75, 3.05) is 18.4 Å². The van der Waals surface area contributed by atoms with Crippen molar-refractivity contribution in [2.45, 2.75) is 46.6 Å². The number of aromatic nitrogens is 1. The minimum Gasteiger partial charge on any atom is -0.369 e. The van der Waals surface area contributed by atoms with Crippen molar-refractivity contribution < 1.29 is 4.79 Å². The Hall–Kier alpha value is -1.10. The maximum absolute atomic E-state index is 12.7. The summed E-state index contributed by atoms with van der Waals surface area (Å²) in [6.45, 7) is 9.78. The van der Waals surface area contributed by atoms with Crippen molar-refractivity contribution in [3.05, 3.63) is 22.3 Å². The van der Waals surface area contributed by atoms with Crippen LogP contribution in [0.25, 0.3) is 0 Å². The Balaban J connectivity index is 3.08. The molecule has 5 heteroatoms. The van der Waals surface area contributed by atoms with Gasteiger partial charge in [-0.05, 0) is 48.7 Å². The predicted molar refractivity (Wildman–Crippen MR) is 87.2 cm³/mol. The minimum absolute atomic E-state index is 0.0363. The number of carbonyl (C=O) groups excluding carboxylic acids is 1. The number of rotatable bonds is 7. The van der Waals surface area contributed by atoms with Gasteiger partial charge in [0.2, 0.25) is 0 Å². The molecule has 1 amide bonds.